The van der Waals surface area contributed by atoms with E-state index in [0.717, 1.165) is 15.1 Å². The largest absolute Gasteiger partial charge is 0.383 e. The van der Waals surface area contributed by atoms with Gasteiger partial charge in [-0.15, -0.1) is 0 Å². The predicted molar refractivity (Wildman–Crippen MR) is 63.2 cm³/mol. The maximum absolute atomic E-state index is 5.89. The van der Waals surface area contributed by atoms with Gasteiger partial charge in [0.15, 0.2) is 5.82 Å². The van der Waals surface area contributed by atoms with Crippen LogP contribution in [0.15, 0.2) is 24.4 Å². The third kappa shape index (κ3) is 1.47. The molecule has 0 aromatic carbocycles. The van der Waals surface area contributed by atoms with Crippen molar-refractivity contribution in [2.24, 2.45) is 0 Å². The van der Waals surface area contributed by atoms with Gasteiger partial charge in [-0.1, -0.05) is 6.07 Å². The summed E-state index contributed by atoms with van der Waals surface area (Å²) in [7, 11) is 0. The summed E-state index contributed by atoms with van der Waals surface area (Å²) in [5.74, 6) is 1.39. The zero-order valence-electron chi connectivity index (χ0n) is 7.61. The zero-order valence-corrected chi connectivity index (χ0v) is 9.76. The first-order valence-corrected chi connectivity index (χ1v) is 5.20. The van der Waals surface area contributed by atoms with Crippen molar-refractivity contribution in [3.05, 3.63) is 33.7 Å². The van der Waals surface area contributed by atoms with Gasteiger partial charge in [-0.3, -0.25) is 0 Å². The van der Waals surface area contributed by atoms with Crippen LogP contribution < -0.4 is 5.73 Å². The lowest BCUT2D eigenvalue weighted by atomic mass is 10.4. The Morgan fingerprint density at radius 1 is 1.43 bits per heavy atom. The van der Waals surface area contributed by atoms with Crippen molar-refractivity contribution in [3.8, 4) is 5.82 Å². The number of aryl methyl sites for hydroxylation is 1. The lowest BCUT2D eigenvalue weighted by Crippen LogP contribution is -2.03. The van der Waals surface area contributed by atoms with Gasteiger partial charge < -0.3 is 5.73 Å². The van der Waals surface area contributed by atoms with E-state index >= 15 is 0 Å². The maximum Gasteiger partial charge on any atom is 0.155 e. The molecule has 0 saturated heterocycles. The molecule has 0 spiro atoms. The van der Waals surface area contributed by atoms with E-state index in [0.29, 0.717) is 5.82 Å². The van der Waals surface area contributed by atoms with Crippen molar-refractivity contribution in [2.75, 3.05) is 5.73 Å². The summed E-state index contributed by atoms with van der Waals surface area (Å²) in [5.41, 5.74) is 6.81. The molecule has 0 unspecified atom stereocenters. The molecule has 2 N–H and O–H groups in total. The third-order valence-electron chi connectivity index (χ3n) is 1.89. The number of hydrogen-bond acceptors (Lipinski definition) is 3. The lowest BCUT2D eigenvalue weighted by Gasteiger charge is -2.01. The predicted octanol–water partition coefficient (Wildman–Crippen LogP) is 1.76. The molecule has 14 heavy (non-hydrogen) atoms. The van der Waals surface area contributed by atoms with Crippen LogP contribution in [0.2, 0.25) is 0 Å². The lowest BCUT2D eigenvalue weighted by molar-refractivity contribution is 0.841. The van der Waals surface area contributed by atoms with Crippen LogP contribution in [0.3, 0.4) is 0 Å². The molecule has 4 nitrogen and oxygen atoms in total. The summed E-state index contributed by atoms with van der Waals surface area (Å²) in [6, 6.07) is 5.64. The Bertz CT molecular complexity index is 449. The third-order valence-corrected chi connectivity index (χ3v) is 3.22. The van der Waals surface area contributed by atoms with Crippen molar-refractivity contribution in [1.29, 1.82) is 0 Å². The first kappa shape index (κ1) is 9.45. The van der Waals surface area contributed by atoms with Gasteiger partial charge in [-0.25, -0.2) is 4.98 Å². The van der Waals surface area contributed by atoms with Crippen LogP contribution in [0.25, 0.3) is 5.82 Å². The van der Waals surface area contributed by atoms with E-state index in [4.69, 9.17) is 5.73 Å². The van der Waals surface area contributed by atoms with Gasteiger partial charge in [0.2, 0.25) is 0 Å². The van der Waals surface area contributed by atoms with Crippen molar-refractivity contribution in [1.82, 2.24) is 14.8 Å². The summed E-state index contributed by atoms with van der Waals surface area (Å²) in [4.78, 5) is 4.18. The van der Waals surface area contributed by atoms with Crippen molar-refractivity contribution < 1.29 is 0 Å². The average molecular weight is 300 g/mol. The molecule has 0 aliphatic carbocycles. The number of anilines is 1. The first-order chi connectivity index (χ1) is 6.70. The molecule has 5 heteroatoms. The molecule has 2 heterocycles. The summed E-state index contributed by atoms with van der Waals surface area (Å²) < 4.78 is 2.63. The smallest absolute Gasteiger partial charge is 0.155 e. The van der Waals surface area contributed by atoms with E-state index in [1.54, 1.807) is 10.9 Å². The topological polar surface area (TPSA) is 56.7 Å². The molecular formula is C9H9IN4. The Morgan fingerprint density at radius 3 is 2.71 bits per heavy atom. The average Bonchev–Trinajstić information content (AvgIpc) is 2.47. The van der Waals surface area contributed by atoms with Crippen LogP contribution in [0.1, 0.15) is 5.69 Å². The van der Waals surface area contributed by atoms with Gasteiger partial charge in [-0.2, -0.15) is 9.78 Å². The highest BCUT2D eigenvalue weighted by atomic mass is 127. The molecule has 0 aliphatic rings. The van der Waals surface area contributed by atoms with E-state index in [2.05, 4.69) is 32.7 Å². The number of nitrogen functional groups attached to an aromatic ring is 1. The molecule has 0 bridgehead atoms. The number of nitrogens with two attached hydrogens (primary N) is 1. The maximum atomic E-state index is 5.89. The standard InChI is InChI=1S/C9H9IN4/c1-6-8(10)9(11)14(13-6)7-4-2-3-5-12-7/h2-5H,11H2,1H3. The Kier molecular flexibility index (Phi) is 2.40. The fraction of sp³-hybridized carbons (Fsp3) is 0.111. The minimum atomic E-state index is 0.641. The fourth-order valence-electron chi connectivity index (χ4n) is 1.18. The van der Waals surface area contributed by atoms with Gasteiger partial charge in [0.05, 0.1) is 9.26 Å². The zero-order chi connectivity index (χ0) is 10.1. The summed E-state index contributed by atoms with van der Waals surface area (Å²) in [6.07, 6.45) is 1.72. The molecule has 0 atom stereocenters. The Balaban J connectivity index is 2.58. The van der Waals surface area contributed by atoms with Gasteiger partial charge >= 0.3 is 0 Å². The molecule has 2 rings (SSSR count). The molecule has 0 amide bonds. The van der Waals surface area contributed by atoms with E-state index in [-0.39, 0.29) is 0 Å². The second-order valence-electron chi connectivity index (χ2n) is 2.88. The van der Waals surface area contributed by atoms with Gasteiger partial charge in [0.1, 0.15) is 5.82 Å². The van der Waals surface area contributed by atoms with Gasteiger partial charge in [0, 0.05) is 6.20 Å². The highest BCUT2D eigenvalue weighted by molar-refractivity contribution is 14.1. The van der Waals surface area contributed by atoms with Crippen molar-refractivity contribution >= 4 is 28.4 Å². The van der Waals surface area contributed by atoms with Gasteiger partial charge in [-0.05, 0) is 41.6 Å². The minimum absolute atomic E-state index is 0.641. The molecule has 0 aliphatic heterocycles. The summed E-state index contributed by atoms with van der Waals surface area (Å²) >= 11 is 2.18. The molecule has 0 radical (unpaired) electrons. The fourth-order valence-corrected chi connectivity index (χ4v) is 1.52. The van der Waals surface area contributed by atoms with Crippen LogP contribution in [-0.4, -0.2) is 14.8 Å². The second kappa shape index (κ2) is 3.56. The van der Waals surface area contributed by atoms with Crippen LogP contribution in [0.5, 0.6) is 0 Å². The molecule has 2 aromatic heterocycles. The van der Waals surface area contributed by atoms with E-state index < -0.39 is 0 Å². The number of halogens is 1. The number of nitrogens with zero attached hydrogens (tertiary/aromatic N) is 3. The Hall–Kier alpha value is -1.11. The summed E-state index contributed by atoms with van der Waals surface area (Å²) in [6.45, 7) is 1.93. The van der Waals surface area contributed by atoms with E-state index in [1.165, 1.54) is 0 Å². The van der Waals surface area contributed by atoms with Gasteiger partial charge in [0.25, 0.3) is 0 Å². The van der Waals surface area contributed by atoms with Crippen LogP contribution in [-0.2, 0) is 0 Å². The molecule has 0 fully saturated rings. The SMILES string of the molecule is Cc1nn(-c2ccccn2)c(N)c1I. The second-order valence-corrected chi connectivity index (χ2v) is 3.96. The molecule has 0 saturated carbocycles. The van der Waals surface area contributed by atoms with Crippen molar-refractivity contribution in [2.45, 2.75) is 6.92 Å². The number of pyridine rings is 1. The number of rotatable bonds is 1. The first-order valence-electron chi connectivity index (χ1n) is 4.12. The highest BCUT2D eigenvalue weighted by Gasteiger charge is 2.10. The quantitative estimate of drug-likeness (QED) is 0.817. The summed E-state index contributed by atoms with van der Waals surface area (Å²) in [5, 5.41) is 4.30. The molecule has 72 valence electrons. The normalized spacial score (nSPS) is 10.4. The minimum Gasteiger partial charge on any atom is -0.383 e. The number of aromatic nitrogens is 3. The van der Waals surface area contributed by atoms with Crippen LogP contribution in [0.4, 0.5) is 5.82 Å². The van der Waals surface area contributed by atoms with Crippen LogP contribution in [0, 0.1) is 10.5 Å². The Morgan fingerprint density at radius 2 is 2.21 bits per heavy atom. The molecule has 2 aromatic rings. The number of hydrogen-bond donors (Lipinski definition) is 1. The van der Waals surface area contributed by atoms with E-state index in [9.17, 15) is 0 Å². The Labute approximate surface area is 95.3 Å². The molecular weight excluding hydrogens is 291 g/mol. The highest BCUT2D eigenvalue weighted by Crippen LogP contribution is 2.20. The monoisotopic (exact) mass is 300 g/mol. The van der Waals surface area contributed by atoms with Crippen molar-refractivity contribution in [3.63, 3.8) is 0 Å². The van der Waals surface area contributed by atoms with Crippen LogP contribution >= 0.6 is 22.6 Å². The van der Waals surface area contributed by atoms with E-state index in [1.807, 2.05) is 25.1 Å².